The highest BCUT2D eigenvalue weighted by Gasteiger charge is 2.22. The molecule has 1 aromatic rings. The van der Waals surface area contributed by atoms with Gasteiger partial charge in [0.25, 0.3) is 0 Å². The van der Waals surface area contributed by atoms with Crippen molar-refractivity contribution < 1.29 is 4.79 Å². The predicted octanol–water partition coefficient (Wildman–Crippen LogP) is 1.75. The van der Waals surface area contributed by atoms with Gasteiger partial charge >= 0.3 is 0 Å². The largest absolute Gasteiger partial charge is 0.399 e. The topological polar surface area (TPSA) is 67.5 Å². The van der Waals surface area contributed by atoms with Crippen molar-refractivity contribution >= 4 is 17.3 Å². The minimum absolute atomic E-state index is 0.0222. The van der Waals surface area contributed by atoms with Gasteiger partial charge in [0.1, 0.15) is 0 Å². The van der Waals surface area contributed by atoms with Crippen molar-refractivity contribution in [1.29, 1.82) is 0 Å². The van der Waals surface area contributed by atoms with E-state index >= 15 is 0 Å². The molecule has 4 nitrogen and oxygen atoms in total. The molecular formula is C13H17N3O. The lowest BCUT2D eigenvalue weighted by molar-refractivity contribution is -0.121. The molecule has 1 atom stereocenters. The summed E-state index contributed by atoms with van der Waals surface area (Å²) < 4.78 is 0. The average Bonchev–Trinajstić information content (AvgIpc) is 2.24. The summed E-state index contributed by atoms with van der Waals surface area (Å²) in [5.41, 5.74) is 13.3. The molecule has 3 N–H and O–H groups in total. The zero-order chi connectivity index (χ0) is 12.6. The fourth-order valence-corrected chi connectivity index (χ4v) is 2.09. The summed E-state index contributed by atoms with van der Waals surface area (Å²) in [5.74, 6) is 0.122. The second kappa shape index (κ2) is 4.20. The molecule has 17 heavy (non-hydrogen) atoms. The fraction of sp³-hybridized carbons (Fsp3) is 0.385. The number of hydrogen-bond acceptors (Lipinski definition) is 3. The Labute approximate surface area is 101 Å². The van der Waals surface area contributed by atoms with Gasteiger partial charge in [0.15, 0.2) is 0 Å². The van der Waals surface area contributed by atoms with Crippen LogP contribution in [-0.4, -0.2) is 11.6 Å². The summed E-state index contributed by atoms with van der Waals surface area (Å²) in [4.78, 5) is 11.2. The lowest BCUT2D eigenvalue weighted by Gasteiger charge is -2.21. The highest BCUT2D eigenvalue weighted by Crippen LogP contribution is 2.23. The Morgan fingerprint density at radius 1 is 1.35 bits per heavy atom. The molecule has 0 spiro atoms. The minimum Gasteiger partial charge on any atom is -0.399 e. The zero-order valence-electron chi connectivity index (χ0n) is 10.4. The number of carbonyl (C=O) groups is 1. The first kappa shape index (κ1) is 11.6. The first-order chi connectivity index (χ1) is 7.99. The molecule has 1 aromatic carbocycles. The van der Waals surface area contributed by atoms with Crippen molar-refractivity contribution in [3.63, 3.8) is 0 Å². The van der Waals surface area contributed by atoms with Crippen molar-refractivity contribution in [3.05, 3.63) is 28.8 Å². The molecule has 0 aromatic heterocycles. The maximum atomic E-state index is 11.2. The summed E-state index contributed by atoms with van der Waals surface area (Å²) >= 11 is 0. The number of rotatable bonds is 1. The first-order valence-electron chi connectivity index (χ1n) is 5.72. The molecule has 90 valence electrons. The Morgan fingerprint density at radius 3 is 2.71 bits per heavy atom. The van der Waals surface area contributed by atoms with Crippen LogP contribution in [0, 0.1) is 19.8 Å². The Morgan fingerprint density at radius 2 is 2.06 bits per heavy atom. The normalized spacial score (nSPS) is 19.8. The van der Waals surface area contributed by atoms with Crippen LogP contribution in [0.1, 0.15) is 30.0 Å². The van der Waals surface area contributed by atoms with Crippen LogP contribution in [0.25, 0.3) is 0 Å². The number of nitrogens with two attached hydrogens (primary N) is 1. The lowest BCUT2D eigenvalue weighted by atomic mass is 9.90. The van der Waals surface area contributed by atoms with Crippen LogP contribution < -0.4 is 11.2 Å². The number of carbonyl (C=O) groups excluding carboxylic acids is 1. The smallest absolute Gasteiger partial charge is 0.240 e. The quantitative estimate of drug-likeness (QED) is 0.723. The van der Waals surface area contributed by atoms with E-state index in [9.17, 15) is 4.79 Å². The third kappa shape index (κ3) is 2.16. The van der Waals surface area contributed by atoms with E-state index in [1.165, 1.54) is 0 Å². The molecule has 1 aliphatic rings. The molecule has 1 unspecified atom stereocenters. The summed E-state index contributed by atoms with van der Waals surface area (Å²) in [6.45, 7) is 6.00. The van der Waals surface area contributed by atoms with Gasteiger partial charge in [-0.2, -0.15) is 5.10 Å². The van der Waals surface area contributed by atoms with Crippen LogP contribution in [0.3, 0.4) is 0 Å². The number of hydrogen-bond donors (Lipinski definition) is 2. The Hall–Kier alpha value is -1.84. The third-order valence-electron chi connectivity index (χ3n) is 3.15. The van der Waals surface area contributed by atoms with Gasteiger partial charge in [-0.3, -0.25) is 4.79 Å². The number of nitrogen functional groups attached to an aromatic ring is 1. The SMILES string of the molecule is Cc1cc(C2=NNC(=O)CC2C)c(C)cc1N. The van der Waals surface area contributed by atoms with Crippen LogP contribution in [0.5, 0.6) is 0 Å². The van der Waals surface area contributed by atoms with Crippen molar-refractivity contribution in [2.75, 3.05) is 5.73 Å². The second-order valence-electron chi connectivity index (χ2n) is 4.66. The number of hydrazone groups is 1. The number of benzene rings is 1. The highest BCUT2D eigenvalue weighted by molar-refractivity contribution is 6.07. The molecular weight excluding hydrogens is 214 g/mol. The molecule has 2 rings (SSSR count). The summed E-state index contributed by atoms with van der Waals surface area (Å²) in [6, 6.07) is 3.99. The van der Waals surface area contributed by atoms with Gasteiger partial charge in [0.05, 0.1) is 5.71 Å². The van der Waals surface area contributed by atoms with Crippen LogP contribution in [0.2, 0.25) is 0 Å². The number of anilines is 1. The molecule has 0 aliphatic carbocycles. The van der Waals surface area contributed by atoms with Crippen molar-refractivity contribution in [3.8, 4) is 0 Å². The van der Waals surface area contributed by atoms with Gasteiger partial charge in [-0.05, 0) is 37.1 Å². The van der Waals surface area contributed by atoms with E-state index in [0.29, 0.717) is 6.42 Å². The lowest BCUT2D eigenvalue weighted by Crippen LogP contribution is -2.32. The first-order valence-corrected chi connectivity index (χ1v) is 5.72. The molecule has 4 heteroatoms. The monoisotopic (exact) mass is 231 g/mol. The van der Waals surface area contributed by atoms with Gasteiger partial charge in [0.2, 0.25) is 5.91 Å². The zero-order valence-corrected chi connectivity index (χ0v) is 10.4. The van der Waals surface area contributed by atoms with Crippen molar-refractivity contribution in [2.45, 2.75) is 27.2 Å². The Kier molecular flexibility index (Phi) is 2.88. The van der Waals surface area contributed by atoms with Gasteiger partial charge in [0, 0.05) is 23.6 Å². The maximum absolute atomic E-state index is 11.2. The van der Waals surface area contributed by atoms with E-state index in [-0.39, 0.29) is 11.8 Å². The van der Waals surface area contributed by atoms with E-state index in [1.807, 2.05) is 32.9 Å². The number of aryl methyl sites for hydroxylation is 2. The van der Waals surface area contributed by atoms with Crippen LogP contribution in [0.4, 0.5) is 5.69 Å². The number of nitrogens with zero attached hydrogens (tertiary/aromatic N) is 1. The second-order valence-corrected chi connectivity index (χ2v) is 4.66. The average molecular weight is 231 g/mol. The Bertz CT molecular complexity index is 506. The van der Waals surface area contributed by atoms with E-state index in [0.717, 1.165) is 28.1 Å². The van der Waals surface area contributed by atoms with Crippen molar-refractivity contribution in [2.24, 2.45) is 11.0 Å². The van der Waals surface area contributed by atoms with E-state index in [1.54, 1.807) is 0 Å². The number of nitrogens with one attached hydrogen (secondary N) is 1. The minimum atomic E-state index is -0.0222. The maximum Gasteiger partial charge on any atom is 0.240 e. The fourth-order valence-electron chi connectivity index (χ4n) is 2.09. The molecule has 0 saturated heterocycles. The summed E-state index contributed by atoms with van der Waals surface area (Å²) in [5, 5.41) is 4.17. The van der Waals surface area contributed by atoms with Gasteiger partial charge in [-0.25, -0.2) is 5.43 Å². The molecule has 1 amide bonds. The summed E-state index contributed by atoms with van der Waals surface area (Å²) in [6.07, 6.45) is 0.488. The van der Waals surface area contributed by atoms with Gasteiger partial charge in [-0.15, -0.1) is 0 Å². The molecule has 0 radical (unpaired) electrons. The van der Waals surface area contributed by atoms with E-state index in [4.69, 9.17) is 5.73 Å². The van der Waals surface area contributed by atoms with E-state index < -0.39 is 0 Å². The molecule has 1 aliphatic heterocycles. The van der Waals surface area contributed by atoms with Crippen molar-refractivity contribution in [1.82, 2.24) is 5.43 Å². The molecule has 0 saturated carbocycles. The van der Waals surface area contributed by atoms with E-state index in [2.05, 4.69) is 10.5 Å². The standard InChI is InChI=1S/C13H17N3O/c1-7-5-11(14)8(2)4-10(7)13-9(3)6-12(17)15-16-13/h4-5,9H,6,14H2,1-3H3,(H,15,17). The Balaban J connectivity index is 2.47. The van der Waals surface area contributed by atoms with Gasteiger partial charge < -0.3 is 5.73 Å². The molecule has 0 bridgehead atoms. The highest BCUT2D eigenvalue weighted by atomic mass is 16.2. The predicted molar refractivity (Wildman–Crippen MR) is 68.8 cm³/mol. The van der Waals surface area contributed by atoms with Crippen LogP contribution in [-0.2, 0) is 4.79 Å². The molecule has 0 fully saturated rings. The number of amides is 1. The summed E-state index contributed by atoms with van der Waals surface area (Å²) in [7, 11) is 0. The van der Waals surface area contributed by atoms with Gasteiger partial charge in [-0.1, -0.05) is 6.92 Å². The third-order valence-corrected chi connectivity index (χ3v) is 3.15. The molecule has 1 heterocycles. The van der Waals surface area contributed by atoms with Crippen LogP contribution in [0.15, 0.2) is 17.2 Å². The van der Waals surface area contributed by atoms with Crippen LogP contribution >= 0.6 is 0 Å².